The number of carbonyl (C=O) groups excluding carboxylic acids is 1. The molecule has 2 atom stereocenters. The zero-order valence-corrected chi connectivity index (χ0v) is 12.4. The van der Waals surface area contributed by atoms with Crippen molar-refractivity contribution >= 4 is 27.8 Å². The number of benzene rings is 1. The minimum atomic E-state index is -3.37. The normalized spacial score (nSPS) is 14.8. The van der Waals surface area contributed by atoms with Crippen LogP contribution in [0.2, 0.25) is 0 Å². The van der Waals surface area contributed by atoms with Crippen molar-refractivity contribution < 1.29 is 23.1 Å². The Morgan fingerprint density at radius 2 is 2.10 bits per heavy atom. The lowest BCUT2D eigenvalue weighted by atomic mass is 10.0. The maximum absolute atomic E-state index is 11.4. The molecule has 0 saturated heterocycles. The Labute approximate surface area is 122 Å². The average molecular weight is 312 g/mol. The summed E-state index contributed by atoms with van der Waals surface area (Å²) in [5.41, 5.74) is 0.238. The van der Waals surface area contributed by atoms with Crippen LogP contribution in [0, 0.1) is 5.92 Å². The number of nitrogens with zero attached hydrogens (tertiary/aromatic N) is 2. The van der Waals surface area contributed by atoms with Gasteiger partial charge in [0.1, 0.15) is 6.29 Å². The van der Waals surface area contributed by atoms with E-state index in [1.54, 1.807) is 6.92 Å². The molecular formula is C13H16N2O5S. The molecule has 0 spiro atoms. The van der Waals surface area contributed by atoms with E-state index in [0.29, 0.717) is 6.29 Å². The first-order chi connectivity index (χ1) is 9.75. The smallest absolute Gasteiger partial charge is 0.330 e. The van der Waals surface area contributed by atoms with Crippen molar-refractivity contribution in [1.82, 2.24) is 0 Å². The van der Waals surface area contributed by atoms with Crippen molar-refractivity contribution in [3.63, 3.8) is 0 Å². The maximum Gasteiger partial charge on any atom is 0.330 e. The number of azo groups is 1. The number of carboxylic acids is 1. The zero-order valence-electron chi connectivity index (χ0n) is 11.6. The van der Waals surface area contributed by atoms with Gasteiger partial charge in [0.25, 0.3) is 0 Å². The minimum absolute atomic E-state index is 0.0549. The predicted molar refractivity (Wildman–Crippen MR) is 75.3 cm³/mol. The van der Waals surface area contributed by atoms with E-state index in [0.717, 1.165) is 6.26 Å². The number of carbonyl (C=O) groups is 2. The minimum Gasteiger partial charge on any atom is -0.480 e. The van der Waals surface area contributed by atoms with E-state index < -0.39 is 27.8 Å². The van der Waals surface area contributed by atoms with Gasteiger partial charge < -0.3 is 9.90 Å². The van der Waals surface area contributed by atoms with Gasteiger partial charge in [-0.1, -0.05) is 13.0 Å². The molecule has 0 aliphatic rings. The van der Waals surface area contributed by atoms with E-state index in [1.165, 1.54) is 24.3 Å². The van der Waals surface area contributed by atoms with E-state index in [-0.39, 0.29) is 17.0 Å². The summed E-state index contributed by atoms with van der Waals surface area (Å²) >= 11 is 0. The molecule has 0 saturated carbocycles. The SMILES string of the molecule is CC(CC=O)C(N=Nc1cccc(S(C)(=O)=O)c1)C(=O)O. The van der Waals surface area contributed by atoms with Gasteiger partial charge in [0.05, 0.1) is 10.6 Å². The third-order valence-electron chi connectivity index (χ3n) is 2.80. The fourth-order valence-electron chi connectivity index (χ4n) is 1.59. The number of hydrogen-bond acceptors (Lipinski definition) is 6. The molecule has 0 aliphatic heterocycles. The number of rotatable bonds is 7. The van der Waals surface area contributed by atoms with Gasteiger partial charge in [0, 0.05) is 12.7 Å². The highest BCUT2D eigenvalue weighted by atomic mass is 32.2. The molecule has 0 bridgehead atoms. The van der Waals surface area contributed by atoms with Gasteiger partial charge in [-0.2, -0.15) is 10.2 Å². The quantitative estimate of drug-likeness (QED) is 0.609. The van der Waals surface area contributed by atoms with Crippen LogP contribution >= 0.6 is 0 Å². The second-order valence-electron chi connectivity index (χ2n) is 4.65. The summed E-state index contributed by atoms with van der Waals surface area (Å²) in [7, 11) is -3.37. The van der Waals surface area contributed by atoms with Crippen molar-refractivity contribution in [2.75, 3.05) is 6.26 Å². The molecule has 1 rings (SSSR count). The summed E-state index contributed by atoms with van der Waals surface area (Å²) in [6.07, 6.45) is 1.75. The zero-order chi connectivity index (χ0) is 16.0. The summed E-state index contributed by atoms with van der Waals surface area (Å²) in [5, 5.41) is 16.5. The van der Waals surface area contributed by atoms with Crippen molar-refractivity contribution in [2.24, 2.45) is 16.1 Å². The third-order valence-corrected chi connectivity index (χ3v) is 3.91. The van der Waals surface area contributed by atoms with Crippen LogP contribution < -0.4 is 0 Å². The molecule has 0 aromatic heterocycles. The lowest BCUT2D eigenvalue weighted by Crippen LogP contribution is -2.25. The van der Waals surface area contributed by atoms with E-state index in [1.807, 2.05) is 0 Å². The summed E-state index contributed by atoms with van der Waals surface area (Å²) in [6, 6.07) is 4.58. The molecule has 0 radical (unpaired) electrons. The molecule has 1 aromatic rings. The molecule has 0 fully saturated rings. The highest BCUT2D eigenvalue weighted by Gasteiger charge is 2.24. The van der Waals surface area contributed by atoms with Gasteiger partial charge in [0.2, 0.25) is 0 Å². The molecule has 8 heteroatoms. The summed E-state index contributed by atoms with van der Waals surface area (Å²) < 4.78 is 22.8. The van der Waals surface area contributed by atoms with E-state index in [4.69, 9.17) is 5.11 Å². The van der Waals surface area contributed by atoms with Crippen molar-refractivity contribution in [2.45, 2.75) is 24.3 Å². The van der Waals surface area contributed by atoms with Crippen molar-refractivity contribution in [3.8, 4) is 0 Å². The molecule has 0 amide bonds. The molecule has 0 heterocycles. The van der Waals surface area contributed by atoms with Gasteiger partial charge in [-0.05, 0) is 24.1 Å². The van der Waals surface area contributed by atoms with Gasteiger partial charge in [-0.25, -0.2) is 13.2 Å². The Balaban J connectivity index is 3.02. The number of hydrogen-bond donors (Lipinski definition) is 1. The average Bonchev–Trinajstić information content (AvgIpc) is 2.38. The van der Waals surface area contributed by atoms with E-state index in [9.17, 15) is 18.0 Å². The highest BCUT2D eigenvalue weighted by molar-refractivity contribution is 7.90. The van der Waals surface area contributed by atoms with E-state index in [2.05, 4.69) is 10.2 Å². The molecule has 1 aromatic carbocycles. The highest BCUT2D eigenvalue weighted by Crippen LogP contribution is 2.20. The molecule has 2 unspecified atom stereocenters. The Bertz CT molecular complexity index is 654. The van der Waals surface area contributed by atoms with Gasteiger partial charge in [-0.3, -0.25) is 0 Å². The van der Waals surface area contributed by atoms with Gasteiger partial charge in [-0.15, -0.1) is 0 Å². The second-order valence-corrected chi connectivity index (χ2v) is 6.66. The Hall–Kier alpha value is -2.09. The number of aldehydes is 1. The number of aliphatic carboxylic acids is 1. The van der Waals surface area contributed by atoms with Crippen LogP contribution in [0.25, 0.3) is 0 Å². The first-order valence-corrected chi connectivity index (χ1v) is 8.02. The number of sulfone groups is 1. The van der Waals surface area contributed by atoms with Crippen LogP contribution in [-0.4, -0.2) is 38.1 Å². The third kappa shape index (κ3) is 5.07. The molecule has 1 N–H and O–H groups in total. The van der Waals surface area contributed by atoms with Crippen molar-refractivity contribution in [3.05, 3.63) is 24.3 Å². The van der Waals surface area contributed by atoms with Crippen LogP contribution in [-0.2, 0) is 19.4 Å². The molecule has 7 nitrogen and oxygen atoms in total. The molecule has 21 heavy (non-hydrogen) atoms. The largest absolute Gasteiger partial charge is 0.480 e. The predicted octanol–water partition coefficient (Wildman–Crippen LogP) is 1.85. The maximum atomic E-state index is 11.4. The number of carboxylic acid groups (broad SMARTS) is 1. The lowest BCUT2D eigenvalue weighted by Gasteiger charge is -2.12. The summed E-state index contributed by atoms with van der Waals surface area (Å²) in [6.45, 7) is 1.58. The van der Waals surface area contributed by atoms with Crippen LogP contribution in [0.3, 0.4) is 0 Å². The topological polar surface area (TPSA) is 113 Å². The van der Waals surface area contributed by atoms with Gasteiger partial charge >= 0.3 is 5.97 Å². The van der Waals surface area contributed by atoms with E-state index >= 15 is 0 Å². The van der Waals surface area contributed by atoms with Crippen molar-refractivity contribution in [1.29, 1.82) is 0 Å². The van der Waals surface area contributed by atoms with Gasteiger partial charge in [0.15, 0.2) is 15.9 Å². The van der Waals surface area contributed by atoms with Crippen LogP contribution in [0.5, 0.6) is 0 Å². The van der Waals surface area contributed by atoms with Crippen LogP contribution in [0.1, 0.15) is 13.3 Å². The molecular weight excluding hydrogens is 296 g/mol. The first-order valence-electron chi connectivity index (χ1n) is 6.13. The Kier molecular flexibility index (Phi) is 5.71. The molecule has 0 aliphatic carbocycles. The summed E-state index contributed by atoms with van der Waals surface area (Å²) in [5.74, 6) is -1.69. The fraction of sp³-hybridized carbons (Fsp3) is 0.385. The Morgan fingerprint density at radius 3 is 2.62 bits per heavy atom. The van der Waals surface area contributed by atoms with Crippen LogP contribution in [0.4, 0.5) is 5.69 Å². The first kappa shape index (κ1) is 17.0. The Morgan fingerprint density at radius 1 is 1.43 bits per heavy atom. The van der Waals surface area contributed by atoms with Crippen LogP contribution in [0.15, 0.2) is 39.4 Å². The second kappa shape index (κ2) is 7.07. The summed E-state index contributed by atoms with van der Waals surface area (Å²) in [4.78, 5) is 21.6. The fourth-order valence-corrected chi connectivity index (χ4v) is 2.25. The lowest BCUT2D eigenvalue weighted by molar-refractivity contribution is -0.139. The monoisotopic (exact) mass is 312 g/mol. The standard InChI is InChI=1S/C13H16N2O5S/c1-9(6-7-16)12(13(17)18)15-14-10-4-3-5-11(8-10)21(2,19)20/h3-5,7-9,12H,6H2,1-2H3,(H,17,18). The molecule has 114 valence electrons.